The van der Waals surface area contributed by atoms with Crippen molar-refractivity contribution in [2.75, 3.05) is 7.11 Å². The molecule has 4 heteroatoms. The summed E-state index contributed by atoms with van der Waals surface area (Å²) in [4.78, 5) is 24.4. The van der Waals surface area contributed by atoms with E-state index >= 15 is 0 Å². The number of aryl methyl sites for hydroxylation is 2. The van der Waals surface area contributed by atoms with E-state index in [1.165, 1.54) is 32.8 Å². The number of nitrogens with one attached hydrogen (secondary N) is 1. The van der Waals surface area contributed by atoms with Crippen molar-refractivity contribution < 1.29 is 14.3 Å². The van der Waals surface area contributed by atoms with E-state index in [1.807, 2.05) is 32.0 Å². The summed E-state index contributed by atoms with van der Waals surface area (Å²) in [6.07, 6.45) is 7.49. The number of ether oxygens (including phenoxy) is 1. The topological polar surface area (TPSA) is 55.4 Å². The van der Waals surface area contributed by atoms with Crippen molar-refractivity contribution in [3.05, 3.63) is 34.9 Å². The molecular formula is C20H31NO3. The second-order valence-corrected chi connectivity index (χ2v) is 6.48. The van der Waals surface area contributed by atoms with Crippen LogP contribution in [0.2, 0.25) is 0 Å². The van der Waals surface area contributed by atoms with Crippen LogP contribution in [0.5, 0.6) is 0 Å². The number of esters is 1. The van der Waals surface area contributed by atoms with E-state index in [0.29, 0.717) is 12.0 Å². The maximum atomic E-state index is 12.4. The normalized spacial score (nSPS) is 11.8. The molecule has 0 saturated carbocycles. The average molecular weight is 333 g/mol. The molecule has 1 atom stereocenters. The summed E-state index contributed by atoms with van der Waals surface area (Å²) in [5, 5.41) is 2.83. The van der Waals surface area contributed by atoms with Crippen LogP contribution in [-0.2, 0) is 9.53 Å². The molecule has 0 saturated heterocycles. The number of carbonyl (C=O) groups is 2. The minimum atomic E-state index is -0.575. The van der Waals surface area contributed by atoms with Gasteiger partial charge in [0.05, 0.1) is 7.11 Å². The van der Waals surface area contributed by atoms with E-state index in [0.717, 1.165) is 24.0 Å². The van der Waals surface area contributed by atoms with Gasteiger partial charge in [-0.2, -0.15) is 0 Å². The summed E-state index contributed by atoms with van der Waals surface area (Å²) >= 11 is 0. The van der Waals surface area contributed by atoms with Gasteiger partial charge in [0, 0.05) is 5.56 Å². The predicted octanol–water partition coefficient (Wildman–Crippen LogP) is 4.33. The SMILES string of the molecule is CCCCCCCC[C@@H](NC(=O)c1cc(C)cc(C)c1)C(=O)OC. The Balaban J connectivity index is 2.58. The second-order valence-electron chi connectivity index (χ2n) is 6.48. The van der Waals surface area contributed by atoms with Crippen LogP contribution in [0.4, 0.5) is 0 Å². The first-order valence-electron chi connectivity index (χ1n) is 8.95. The molecular weight excluding hydrogens is 302 g/mol. The minimum Gasteiger partial charge on any atom is -0.467 e. The van der Waals surface area contributed by atoms with Gasteiger partial charge in [-0.15, -0.1) is 0 Å². The molecule has 1 aromatic carbocycles. The Kier molecular flexibility index (Phi) is 9.13. The summed E-state index contributed by atoms with van der Waals surface area (Å²) in [6.45, 7) is 6.10. The summed E-state index contributed by atoms with van der Waals surface area (Å²) < 4.78 is 4.84. The van der Waals surface area contributed by atoms with Gasteiger partial charge in [-0.3, -0.25) is 4.79 Å². The molecule has 0 unspecified atom stereocenters. The molecule has 1 rings (SSSR count). The zero-order valence-corrected chi connectivity index (χ0v) is 15.5. The Bertz CT molecular complexity index is 519. The summed E-state index contributed by atoms with van der Waals surface area (Å²) in [5.74, 6) is -0.593. The zero-order valence-electron chi connectivity index (χ0n) is 15.5. The number of rotatable bonds is 10. The van der Waals surface area contributed by atoms with Crippen LogP contribution < -0.4 is 5.32 Å². The van der Waals surface area contributed by atoms with Crippen LogP contribution in [0.15, 0.2) is 18.2 Å². The number of amides is 1. The van der Waals surface area contributed by atoms with Crippen LogP contribution in [0.1, 0.15) is 73.4 Å². The van der Waals surface area contributed by atoms with Crippen LogP contribution in [0, 0.1) is 13.8 Å². The number of carbonyl (C=O) groups excluding carboxylic acids is 2. The van der Waals surface area contributed by atoms with Crippen molar-refractivity contribution in [1.29, 1.82) is 0 Å². The minimum absolute atomic E-state index is 0.219. The molecule has 134 valence electrons. The van der Waals surface area contributed by atoms with Crippen molar-refractivity contribution in [3.8, 4) is 0 Å². The third-order valence-electron chi connectivity index (χ3n) is 4.12. The lowest BCUT2D eigenvalue weighted by molar-refractivity contribution is -0.143. The van der Waals surface area contributed by atoms with Crippen LogP contribution in [0.3, 0.4) is 0 Å². The van der Waals surface area contributed by atoms with Gasteiger partial charge in [-0.1, -0.05) is 62.6 Å². The Morgan fingerprint density at radius 3 is 2.17 bits per heavy atom. The van der Waals surface area contributed by atoms with E-state index in [-0.39, 0.29) is 11.9 Å². The third kappa shape index (κ3) is 7.16. The first kappa shape index (κ1) is 20.2. The Hall–Kier alpha value is -1.84. The molecule has 0 fully saturated rings. The highest BCUT2D eigenvalue weighted by molar-refractivity contribution is 5.97. The van der Waals surface area contributed by atoms with Crippen molar-refractivity contribution in [2.45, 2.75) is 71.8 Å². The lowest BCUT2D eigenvalue weighted by atomic mass is 10.0. The van der Waals surface area contributed by atoms with E-state index < -0.39 is 6.04 Å². The highest BCUT2D eigenvalue weighted by atomic mass is 16.5. The quantitative estimate of drug-likeness (QED) is 0.512. The van der Waals surface area contributed by atoms with Gasteiger partial charge < -0.3 is 10.1 Å². The highest BCUT2D eigenvalue weighted by Crippen LogP contribution is 2.12. The van der Waals surface area contributed by atoms with Gasteiger partial charge in [0.1, 0.15) is 6.04 Å². The molecule has 4 nitrogen and oxygen atoms in total. The largest absolute Gasteiger partial charge is 0.467 e. The lowest BCUT2D eigenvalue weighted by Gasteiger charge is -2.17. The first-order chi connectivity index (χ1) is 11.5. The predicted molar refractivity (Wildman–Crippen MR) is 97.2 cm³/mol. The lowest BCUT2D eigenvalue weighted by Crippen LogP contribution is -2.41. The van der Waals surface area contributed by atoms with Gasteiger partial charge in [0.25, 0.3) is 5.91 Å². The van der Waals surface area contributed by atoms with Crippen LogP contribution >= 0.6 is 0 Å². The number of hydrogen-bond acceptors (Lipinski definition) is 3. The van der Waals surface area contributed by atoms with Gasteiger partial charge in [0.2, 0.25) is 0 Å². The average Bonchev–Trinajstić information content (AvgIpc) is 2.55. The number of unbranched alkanes of at least 4 members (excludes halogenated alkanes) is 5. The molecule has 1 amide bonds. The molecule has 0 spiro atoms. The summed E-state index contributed by atoms with van der Waals surface area (Å²) in [5.41, 5.74) is 2.65. The van der Waals surface area contributed by atoms with Gasteiger partial charge >= 0.3 is 5.97 Å². The van der Waals surface area contributed by atoms with Gasteiger partial charge in [-0.25, -0.2) is 4.79 Å². The molecule has 0 aliphatic rings. The Labute approximate surface area is 146 Å². The molecule has 1 aromatic rings. The van der Waals surface area contributed by atoms with Crippen molar-refractivity contribution in [1.82, 2.24) is 5.32 Å². The standard InChI is InChI=1S/C20H31NO3/c1-5-6-7-8-9-10-11-18(20(23)24-4)21-19(22)17-13-15(2)12-16(3)14-17/h12-14,18H,5-11H2,1-4H3,(H,21,22)/t18-/m1/s1. The fraction of sp³-hybridized carbons (Fsp3) is 0.600. The Morgan fingerprint density at radius 1 is 1.00 bits per heavy atom. The smallest absolute Gasteiger partial charge is 0.328 e. The van der Waals surface area contributed by atoms with E-state index in [4.69, 9.17) is 4.74 Å². The van der Waals surface area contributed by atoms with Crippen LogP contribution in [0.25, 0.3) is 0 Å². The first-order valence-corrected chi connectivity index (χ1v) is 8.95. The maximum Gasteiger partial charge on any atom is 0.328 e. The third-order valence-corrected chi connectivity index (χ3v) is 4.12. The monoisotopic (exact) mass is 333 g/mol. The van der Waals surface area contributed by atoms with E-state index in [1.54, 1.807) is 0 Å². The Morgan fingerprint density at radius 2 is 1.58 bits per heavy atom. The molecule has 0 radical (unpaired) electrons. The fourth-order valence-corrected chi connectivity index (χ4v) is 2.87. The second kappa shape index (κ2) is 10.8. The van der Waals surface area contributed by atoms with Crippen molar-refractivity contribution in [3.63, 3.8) is 0 Å². The van der Waals surface area contributed by atoms with E-state index in [9.17, 15) is 9.59 Å². The summed E-state index contributed by atoms with van der Waals surface area (Å²) in [6, 6.07) is 5.11. The molecule has 0 aliphatic carbocycles. The zero-order chi connectivity index (χ0) is 17.9. The fourth-order valence-electron chi connectivity index (χ4n) is 2.87. The molecule has 1 N–H and O–H groups in total. The molecule has 0 aromatic heterocycles. The van der Waals surface area contributed by atoms with Crippen LogP contribution in [-0.4, -0.2) is 25.0 Å². The molecule has 0 heterocycles. The van der Waals surface area contributed by atoms with Crippen molar-refractivity contribution in [2.24, 2.45) is 0 Å². The molecule has 0 bridgehead atoms. The van der Waals surface area contributed by atoms with Crippen molar-refractivity contribution >= 4 is 11.9 Å². The number of methoxy groups -OCH3 is 1. The maximum absolute atomic E-state index is 12.4. The van der Waals surface area contributed by atoms with E-state index in [2.05, 4.69) is 12.2 Å². The summed E-state index contributed by atoms with van der Waals surface area (Å²) in [7, 11) is 1.36. The highest BCUT2D eigenvalue weighted by Gasteiger charge is 2.21. The number of hydrogen-bond donors (Lipinski definition) is 1. The molecule has 0 aliphatic heterocycles. The van der Waals surface area contributed by atoms with Gasteiger partial charge in [-0.05, 0) is 32.4 Å². The van der Waals surface area contributed by atoms with Gasteiger partial charge in [0.15, 0.2) is 0 Å². The molecule has 24 heavy (non-hydrogen) atoms. The number of benzene rings is 1.